The van der Waals surface area contributed by atoms with E-state index in [1.54, 1.807) is 18.2 Å². The number of nitrogens with zero attached hydrogens (tertiary/aromatic N) is 1. The summed E-state index contributed by atoms with van der Waals surface area (Å²) < 4.78 is 5.28. The van der Waals surface area contributed by atoms with Crippen LogP contribution >= 0.6 is 0 Å². The van der Waals surface area contributed by atoms with Crippen LogP contribution in [-0.4, -0.2) is 30.1 Å². The van der Waals surface area contributed by atoms with Gasteiger partial charge < -0.3 is 15.8 Å². The minimum absolute atomic E-state index is 0.0875. The first-order valence-electron chi connectivity index (χ1n) is 5.37. The van der Waals surface area contributed by atoms with Crippen LogP contribution in [0.4, 0.5) is 5.82 Å². The highest BCUT2D eigenvalue weighted by atomic mass is 16.5. The van der Waals surface area contributed by atoms with E-state index in [9.17, 15) is 4.79 Å². The summed E-state index contributed by atoms with van der Waals surface area (Å²) in [5.74, 6) is 0.162. The van der Waals surface area contributed by atoms with Crippen LogP contribution in [0.5, 0.6) is 0 Å². The summed E-state index contributed by atoms with van der Waals surface area (Å²) in [5, 5.41) is 2.88. The molecule has 16 heavy (non-hydrogen) atoms. The topological polar surface area (TPSA) is 77.2 Å². The number of hydrogen-bond donors (Lipinski definition) is 2. The van der Waals surface area contributed by atoms with E-state index >= 15 is 0 Å². The van der Waals surface area contributed by atoms with Crippen molar-refractivity contribution in [2.24, 2.45) is 0 Å². The zero-order valence-electron chi connectivity index (χ0n) is 8.98. The van der Waals surface area contributed by atoms with Gasteiger partial charge in [-0.1, -0.05) is 6.07 Å². The van der Waals surface area contributed by atoms with Gasteiger partial charge in [-0.15, -0.1) is 0 Å². The second-order valence-corrected chi connectivity index (χ2v) is 3.84. The molecule has 2 rings (SSSR count). The smallest absolute Gasteiger partial charge is 0.270 e. The number of pyridine rings is 1. The van der Waals surface area contributed by atoms with Crippen molar-refractivity contribution in [1.29, 1.82) is 0 Å². The lowest BCUT2D eigenvalue weighted by Gasteiger charge is -2.22. The average molecular weight is 221 g/mol. The van der Waals surface area contributed by atoms with Gasteiger partial charge in [0, 0.05) is 6.61 Å². The Balaban J connectivity index is 1.97. The van der Waals surface area contributed by atoms with Gasteiger partial charge in [-0.25, -0.2) is 4.98 Å². The Morgan fingerprint density at radius 3 is 3.12 bits per heavy atom. The quantitative estimate of drug-likeness (QED) is 0.765. The minimum Gasteiger partial charge on any atom is -0.384 e. The Morgan fingerprint density at radius 2 is 2.44 bits per heavy atom. The number of nitrogen functional groups attached to an aromatic ring is 1. The summed E-state index contributed by atoms with van der Waals surface area (Å²) in [6.07, 6.45) is 1.93. The van der Waals surface area contributed by atoms with Crippen molar-refractivity contribution in [3.8, 4) is 0 Å². The monoisotopic (exact) mass is 221 g/mol. The third-order valence-corrected chi connectivity index (χ3v) is 2.50. The molecule has 5 nitrogen and oxygen atoms in total. The number of anilines is 1. The highest BCUT2D eigenvalue weighted by molar-refractivity contribution is 5.92. The summed E-state index contributed by atoms with van der Waals surface area (Å²) in [6, 6.07) is 5.11. The molecule has 1 unspecified atom stereocenters. The number of carbonyl (C=O) groups excluding carboxylic acids is 1. The first kappa shape index (κ1) is 10.9. The van der Waals surface area contributed by atoms with E-state index in [0.29, 0.717) is 18.1 Å². The Morgan fingerprint density at radius 1 is 1.56 bits per heavy atom. The fourth-order valence-electron chi connectivity index (χ4n) is 1.69. The lowest BCUT2D eigenvalue weighted by molar-refractivity contribution is 0.0622. The van der Waals surface area contributed by atoms with E-state index in [4.69, 9.17) is 10.5 Å². The molecule has 0 saturated carbocycles. The van der Waals surface area contributed by atoms with E-state index < -0.39 is 0 Å². The molecule has 1 saturated heterocycles. The molecule has 86 valence electrons. The van der Waals surface area contributed by atoms with E-state index in [1.807, 2.05) is 0 Å². The molecule has 2 heterocycles. The summed E-state index contributed by atoms with van der Waals surface area (Å²) in [7, 11) is 0. The van der Waals surface area contributed by atoms with E-state index in [-0.39, 0.29) is 11.9 Å². The molecule has 1 aliphatic heterocycles. The maximum Gasteiger partial charge on any atom is 0.270 e. The number of carbonyl (C=O) groups is 1. The van der Waals surface area contributed by atoms with Crippen molar-refractivity contribution < 1.29 is 9.53 Å². The predicted molar refractivity (Wildman–Crippen MR) is 60.0 cm³/mol. The van der Waals surface area contributed by atoms with Crippen LogP contribution in [0, 0.1) is 0 Å². The molecule has 0 spiro atoms. The number of nitrogens with two attached hydrogens (primary N) is 1. The lowest BCUT2D eigenvalue weighted by atomic mass is 10.1. The van der Waals surface area contributed by atoms with E-state index in [0.717, 1.165) is 19.4 Å². The molecule has 0 bridgehead atoms. The number of aromatic nitrogens is 1. The van der Waals surface area contributed by atoms with Crippen LogP contribution in [0.3, 0.4) is 0 Å². The lowest BCUT2D eigenvalue weighted by Crippen LogP contribution is -2.40. The first-order valence-corrected chi connectivity index (χ1v) is 5.37. The van der Waals surface area contributed by atoms with Gasteiger partial charge in [-0.3, -0.25) is 4.79 Å². The molecule has 3 N–H and O–H groups in total. The maximum absolute atomic E-state index is 11.8. The molecular formula is C11H15N3O2. The molecular weight excluding hydrogens is 206 g/mol. The van der Waals surface area contributed by atoms with Gasteiger partial charge in [0.25, 0.3) is 5.91 Å². The third kappa shape index (κ3) is 2.70. The highest BCUT2D eigenvalue weighted by Gasteiger charge is 2.17. The minimum atomic E-state index is -0.192. The maximum atomic E-state index is 11.8. The Hall–Kier alpha value is -1.62. The van der Waals surface area contributed by atoms with Gasteiger partial charge in [0.1, 0.15) is 11.5 Å². The van der Waals surface area contributed by atoms with Crippen LogP contribution in [-0.2, 0) is 4.74 Å². The Bertz CT molecular complexity index is 375. The van der Waals surface area contributed by atoms with Gasteiger partial charge >= 0.3 is 0 Å². The van der Waals surface area contributed by atoms with Crippen molar-refractivity contribution >= 4 is 11.7 Å². The molecule has 1 atom stereocenters. The van der Waals surface area contributed by atoms with Crippen LogP contribution < -0.4 is 11.1 Å². The molecule has 5 heteroatoms. The SMILES string of the molecule is Nc1cccc(C(=O)NC2CCCOC2)n1. The Labute approximate surface area is 94.0 Å². The largest absolute Gasteiger partial charge is 0.384 e. The molecule has 1 amide bonds. The fraction of sp³-hybridized carbons (Fsp3) is 0.455. The van der Waals surface area contributed by atoms with Gasteiger partial charge in [0.05, 0.1) is 12.6 Å². The van der Waals surface area contributed by atoms with Gasteiger partial charge in [0.15, 0.2) is 0 Å². The normalized spacial score (nSPS) is 20.4. The standard InChI is InChI=1S/C11H15N3O2/c12-10-5-1-4-9(14-10)11(15)13-8-3-2-6-16-7-8/h1,4-5,8H,2-3,6-7H2,(H2,12,14)(H,13,15). The van der Waals surface area contributed by atoms with Crippen molar-refractivity contribution in [3.63, 3.8) is 0 Å². The number of nitrogens with one attached hydrogen (secondary N) is 1. The number of hydrogen-bond acceptors (Lipinski definition) is 4. The van der Waals surface area contributed by atoms with Crippen molar-refractivity contribution in [3.05, 3.63) is 23.9 Å². The molecule has 0 aliphatic carbocycles. The number of ether oxygens (including phenoxy) is 1. The molecule has 1 aromatic rings. The zero-order valence-corrected chi connectivity index (χ0v) is 8.98. The number of amides is 1. The third-order valence-electron chi connectivity index (χ3n) is 2.50. The fourth-order valence-corrected chi connectivity index (χ4v) is 1.69. The van der Waals surface area contributed by atoms with Crippen molar-refractivity contribution in [2.75, 3.05) is 18.9 Å². The van der Waals surface area contributed by atoms with Gasteiger partial charge in [-0.2, -0.15) is 0 Å². The second-order valence-electron chi connectivity index (χ2n) is 3.84. The first-order chi connectivity index (χ1) is 7.75. The van der Waals surface area contributed by atoms with Crippen LogP contribution in [0.2, 0.25) is 0 Å². The van der Waals surface area contributed by atoms with Crippen molar-refractivity contribution in [1.82, 2.24) is 10.3 Å². The molecule has 1 aliphatic rings. The van der Waals surface area contributed by atoms with Crippen molar-refractivity contribution in [2.45, 2.75) is 18.9 Å². The summed E-state index contributed by atoms with van der Waals surface area (Å²) in [5.41, 5.74) is 5.87. The molecule has 1 fully saturated rings. The summed E-state index contributed by atoms with van der Waals surface area (Å²) >= 11 is 0. The summed E-state index contributed by atoms with van der Waals surface area (Å²) in [6.45, 7) is 1.36. The molecule has 0 radical (unpaired) electrons. The number of rotatable bonds is 2. The van der Waals surface area contributed by atoms with E-state index in [1.165, 1.54) is 0 Å². The van der Waals surface area contributed by atoms with Crippen LogP contribution in [0.1, 0.15) is 23.3 Å². The molecule has 1 aromatic heterocycles. The Kier molecular flexibility index (Phi) is 3.36. The highest BCUT2D eigenvalue weighted by Crippen LogP contribution is 2.07. The van der Waals surface area contributed by atoms with Gasteiger partial charge in [-0.05, 0) is 25.0 Å². The second kappa shape index (κ2) is 4.94. The average Bonchev–Trinajstić information content (AvgIpc) is 2.30. The van der Waals surface area contributed by atoms with Gasteiger partial charge in [0.2, 0.25) is 0 Å². The molecule has 0 aromatic carbocycles. The van der Waals surface area contributed by atoms with Crippen LogP contribution in [0.15, 0.2) is 18.2 Å². The predicted octanol–water partition coefficient (Wildman–Crippen LogP) is 0.573. The van der Waals surface area contributed by atoms with Crippen LogP contribution in [0.25, 0.3) is 0 Å². The summed E-state index contributed by atoms with van der Waals surface area (Å²) in [4.78, 5) is 15.7. The van der Waals surface area contributed by atoms with E-state index in [2.05, 4.69) is 10.3 Å². The zero-order chi connectivity index (χ0) is 11.4.